The fraction of sp³-hybridized carbons (Fsp3) is 0.692. The van der Waals surface area contributed by atoms with Crippen LogP contribution in [0.4, 0.5) is 0 Å². The van der Waals surface area contributed by atoms with E-state index in [2.05, 4.69) is 37.8 Å². The van der Waals surface area contributed by atoms with Crippen LogP contribution in [0.5, 0.6) is 0 Å². The Kier molecular flexibility index (Phi) is 5.87. The lowest BCUT2D eigenvalue weighted by Crippen LogP contribution is -2.23. The normalized spacial score (nSPS) is 34.0. The summed E-state index contributed by atoms with van der Waals surface area (Å²) in [5.74, 6) is 4.60. The molecule has 3 fully saturated rings. The SMILES string of the molecule is C=C1CCC(C2CCC(c3ccc(C4CCC(C)CC4)cc3)CC2)CC1. The van der Waals surface area contributed by atoms with E-state index in [9.17, 15) is 0 Å². The zero-order valence-corrected chi connectivity index (χ0v) is 16.9. The van der Waals surface area contributed by atoms with Crippen LogP contribution in [0, 0.1) is 17.8 Å². The van der Waals surface area contributed by atoms with Gasteiger partial charge in [-0.05, 0) is 105 Å². The van der Waals surface area contributed by atoms with E-state index in [4.69, 9.17) is 0 Å². The molecule has 4 rings (SSSR count). The first-order valence-corrected chi connectivity index (χ1v) is 11.5. The van der Waals surface area contributed by atoms with E-state index in [-0.39, 0.29) is 0 Å². The lowest BCUT2D eigenvalue weighted by Gasteiger charge is -2.36. The molecule has 0 aliphatic heterocycles. The molecule has 0 heteroatoms. The van der Waals surface area contributed by atoms with Gasteiger partial charge in [0.2, 0.25) is 0 Å². The molecule has 0 aromatic heterocycles. The van der Waals surface area contributed by atoms with Gasteiger partial charge in [0, 0.05) is 0 Å². The summed E-state index contributed by atoms with van der Waals surface area (Å²) in [4.78, 5) is 0. The van der Waals surface area contributed by atoms with E-state index < -0.39 is 0 Å². The van der Waals surface area contributed by atoms with Crippen LogP contribution in [-0.4, -0.2) is 0 Å². The Morgan fingerprint density at radius 1 is 0.615 bits per heavy atom. The number of hydrogen-bond donors (Lipinski definition) is 0. The maximum absolute atomic E-state index is 4.19. The summed E-state index contributed by atoms with van der Waals surface area (Å²) < 4.78 is 0. The molecule has 3 aliphatic carbocycles. The minimum Gasteiger partial charge on any atom is -0.0999 e. The third kappa shape index (κ3) is 4.26. The van der Waals surface area contributed by atoms with Crippen molar-refractivity contribution in [2.45, 2.75) is 95.8 Å². The molecule has 0 spiro atoms. The average Bonchev–Trinajstić information content (AvgIpc) is 2.70. The fourth-order valence-electron chi connectivity index (χ4n) is 6.08. The molecular formula is C26H38. The van der Waals surface area contributed by atoms with Gasteiger partial charge in [0.1, 0.15) is 0 Å². The van der Waals surface area contributed by atoms with E-state index in [0.717, 1.165) is 29.6 Å². The molecule has 142 valence electrons. The number of allylic oxidation sites excluding steroid dienone is 1. The first-order valence-electron chi connectivity index (χ1n) is 11.5. The summed E-state index contributed by atoms with van der Waals surface area (Å²) in [5, 5.41) is 0. The summed E-state index contributed by atoms with van der Waals surface area (Å²) in [6.07, 6.45) is 16.8. The third-order valence-electron chi connectivity index (χ3n) is 8.07. The monoisotopic (exact) mass is 350 g/mol. The second-order valence-corrected chi connectivity index (χ2v) is 9.82. The highest BCUT2D eigenvalue weighted by Gasteiger charge is 2.29. The van der Waals surface area contributed by atoms with Gasteiger partial charge in [0.15, 0.2) is 0 Å². The van der Waals surface area contributed by atoms with Crippen molar-refractivity contribution in [2.75, 3.05) is 0 Å². The van der Waals surface area contributed by atoms with E-state index in [1.54, 1.807) is 11.1 Å². The zero-order chi connectivity index (χ0) is 17.9. The maximum Gasteiger partial charge on any atom is -0.0162 e. The zero-order valence-electron chi connectivity index (χ0n) is 16.9. The second kappa shape index (κ2) is 8.32. The number of benzene rings is 1. The quantitative estimate of drug-likeness (QED) is 0.484. The molecule has 0 radical (unpaired) electrons. The van der Waals surface area contributed by atoms with Gasteiger partial charge in [-0.15, -0.1) is 0 Å². The third-order valence-corrected chi connectivity index (χ3v) is 8.07. The van der Waals surface area contributed by atoms with Crippen LogP contribution in [0.3, 0.4) is 0 Å². The van der Waals surface area contributed by atoms with Crippen molar-refractivity contribution in [1.82, 2.24) is 0 Å². The van der Waals surface area contributed by atoms with Crippen molar-refractivity contribution in [2.24, 2.45) is 17.8 Å². The molecule has 3 aliphatic rings. The summed E-state index contributed by atoms with van der Waals surface area (Å²) in [6, 6.07) is 9.88. The highest BCUT2D eigenvalue weighted by molar-refractivity contribution is 5.28. The molecule has 0 bridgehead atoms. The standard InChI is InChI=1S/C26H38/c1-19-3-7-21(8-4-19)23-11-15-25(16-12-23)26-17-13-24(14-18-26)22-9-5-20(2)6-10-22/h13-14,17-18,20-23,25H,1,3-12,15-16H2,2H3. The average molecular weight is 351 g/mol. The van der Waals surface area contributed by atoms with Crippen molar-refractivity contribution >= 4 is 0 Å². The van der Waals surface area contributed by atoms with Crippen molar-refractivity contribution in [3.05, 3.63) is 47.5 Å². The molecular weight excluding hydrogens is 312 g/mol. The maximum atomic E-state index is 4.19. The van der Waals surface area contributed by atoms with Gasteiger partial charge in [0.05, 0.1) is 0 Å². The highest BCUT2D eigenvalue weighted by Crippen LogP contribution is 2.44. The minimum absolute atomic E-state index is 0.824. The van der Waals surface area contributed by atoms with Gasteiger partial charge in [0.25, 0.3) is 0 Å². The van der Waals surface area contributed by atoms with Gasteiger partial charge in [-0.1, -0.05) is 56.2 Å². The summed E-state index contributed by atoms with van der Waals surface area (Å²) in [6.45, 7) is 6.61. The van der Waals surface area contributed by atoms with Crippen LogP contribution in [-0.2, 0) is 0 Å². The van der Waals surface area contributed by atoms with Crippen molar-refractivity contribution in [3.8, 4) is 0 Å². The van der Waals surface area contributed by atoms with E-state index in [1.165, 1.54) is 82.6 Å². The van der Waals surface area contributed by atoms with Crippen LogP contribution in [0.15, 0.2) is 36.4 Å². The smallest absolute Gasteiger partial charge is 0.0162 e. The van der Waals surface area contributed by atoms with Crippen LogP contribution < -0.4 is 0 Å². The molecule has 0 unspecified atom stereocenters. The predicted molar refractivity (Wildman–Crippen MR) is 113 cm³/mol. The Labute approximate surface area is 161 Å². The van der Waals surface area contributed by atoms with Crippen LogP contribution in [0.25, 0.3) is 0 Å². The Balaban J connectivity index is 1.29. The van der Waals surface area contributed by atoms with Gasteiger partial charge in [-0.25, -0.2) is 0 Å². The first-order chi connectivity index (χ1) is 12.7. The molecule has 0 amide bonds. The highest BCUT2D eigenvalue weighted by atomic mass is 14.3. The van der Waals surface area contributed by atoms with Gasteiger partial charge < -0.3 is 0 Å². The van der Waals surface area contributed by atoms with Crippen molar-refractivity contribution < 1.29 is 0 Å². The molecule has 0 atom stereocenters. The lowest BCUT2D eigenvalue weighted by molar-refractivity contribution is 0.200. The minimum atomic E-state index is 0.824. The molecule has 0 N–H and O–H groups in total. The molecule has 3 saturated carbocycles. The second-order valence-electron chi connectivity index (χ2n) is 9.82. The van der Waals surface area contributed by atoms with Gasteiger partial charge >= 0.3 is 0 Å². The van der Waals surface area contributed by atoms with Crippen LogP contribution >= 0.6 is 0 Å². The molecule has 26 heavy (non-hydrogen) atoms. The summed E-state index contributed by atoms with van der Waals surface area (Å²) in [7, 11) is 0. The Hall–Kier alpha value is -1.04. The molecule has 0 heterocycles. The Morgan fingerprint density at radius 3 is 1.54 bits per heavy atom. The molecule has 0 nitrogen and oxygen atoms in total. The van der Waals surface area contributed by atoms with E-state index in [1.807, 2.05) is 0 Å². The fourth-order valence-corrected chi connectivity index (χ4v) is 6.08. The molecule has 1 aromatic rings. The summed E-state index contributed by atoms with van der Waals surface area (Å²) in [5.41, 5.74) is 4.73. The number of hydrogen-bond acceptors (Lipinski definition) is 0. The molecule has 1 aromatic carbocycles. The van der Waals surface area contributed by atoms with Gasteiger partial charge in [-0.3, -0.25) is 0 Å². The van der Waals surface area contributed by atoms with Crippen molar-refractivity contribution in [1.29, 1.82) is 0 Å². The van der Waals surface area contributed by atoms with Crippen molar-refractivity contribution in [3.63, 3.8) is 0 Å². The number of rotatable bonds is 3. The lowest BCUT2D eigenvalue weighted by atomic mass is 9.69. The predicted octanol–water partition coefficient (Wildman–Crippen LogP) is 8.00. The topological polar surface area (TPSA) is 0 Å². The first kappa shape index (κ1) is 18.3. The molecule has 0 saturated heterocycles. The van der Waals surface area contributed by atoms with Crippen LogP contribution in [0.1, 0.15) is 107 Å². The Morgan fingerprint density at radius 2 is 1.04 bits per heavy atom. The largest absolute Gasteiger partial charge is 0.0999 e. The van der Waals surface area contributed by atoms with Gasteiger partial charge in [-0.2, -0.15) is 0 Å². The van der Waals surface area contributed by atoms with Crippen LogP contribution in [0.2, 0.25) is 0 Å². The Bertz CT molecular complexity index is 569. The van der Waals surface area contributed by atoms with E-state index >= 15 is 0 Å². The summed E-state index contributed by atoms with van der Waals surface area (Å²) >= 11 is 0. The van der Waals surface area contributed by atoms with E-state index in [0.29, 0.717) is 0 Å².